The molecule has 0 saturated heterocycles. The Labute approximate surface area is 130 Å². The molecule has 21 heavy (non-hydrogen) atoms. The molecule has 0 radical (unpaired) electrons. The van der Waals surface area contributed by atoms with Crippen molar-refractivity contribution in [2.75, 3.05) is 0 Å². The molecule has 5 nitrogen and oxygen atoms in total. The van der Waals surface area contributed by atoms with Gasteiger partial charge < -0.3 is 5.32 Å². The van der Waals surface area contributed by atoms with Crippen molar-refractivity contribution in [1.29, 1.82) is 0 Å². The number of thiocarbonyl (C=S) groups is 1. The molecule has 0 fully saturated rings. The van der Waals surface area contributed by atoms with Gasteiger partial charge in [-0.1, -0.05) is 50.1 Å². The van der Waals surface area contributed by atoms with Crippen molar-refractivity contribution in [3.63, 3.8) is 0 Å². The lowest BCUT2D eigenvalue weighted by molar-refractivity contribution is -0.122. The van der Waals surface area contributed by atoms with Crippen LogP contribution in [0.25, 0.3) is 0 Å². The summed E-state index contributed by atoms with van der Waals surface area (Å²) in [5.74, 6) is -0.359. The maximum absolute atomic E-state index is 11.7. The Balaban J connectivity index is 2.21. The fraction of sp³-hybridized carbons (Fsp3) is 0.400. The van der Waals surface area contributed by atoms with Crippen LogP contribution in [0.15, 0.2) is 30.3 Å². The zero-order valence-corrected chi connectivity index (χ0v) is 13.0. The number of benzene rings is 1. The van der Waals surface area contributed by atoms with Crippen LogP contribution in [0.2, 0.25) is 0 Å². The standard InChI is InChI=1S/C15H21N3O2S/c1-2-3-5-10-13(19)17-18-15(21)16-14(20)11-12-8-6-4-7-9-12/h4,6-9H,2-3,5,10-11H2,1H3,(H,17,19)(H2,16,18,20,21). The smallest absolute Gasteiger partial charge is 0.238 e. The van der Waals surface area contributed by atoms with E-state index in [-0.39, 0.29) is 23.3 Å². The summed E-state index contributed by atoms with van der Waals surface area (Å²) in [6.45, 7) is 2.08. The van der Waals surface area contributed by atoms with Gasteiger partial charge in [0.25, 0.3) is 0 Å². The number of amides is 2. The molecule has 0 atom stereocenters. The predicted octanol–water partition coefficient (Wildman–Crippen LogP) is 1.83. The number of hydrogen-bond acceptors (Lipinski definition) is 3. The van der Waals surface area contributed by atoms with E-state index in [1.165, 1.54) is 0 Å². The lowest BCUT2D eigenvalue weighted by Gasteiger charge is -2.10. The van der Waals surface area contributed by atoms with Crippen molar-refractivity contribution >= 4 is 29.1 Å². The number of hydrogen-bond donors (Lipinski definition) is 3. The molecule has 0 aromatic heterocycles. The van der Waals surface area contributed by atoms with Gasteiger partial charge in [0.05, 0.1) is 6.42 Å². The average Bonchev–Trinajstić information content (AvgIpc) is 2.46. The van der Waals surface area contributed by atoms with Crippen molar-refractivity contribution in [3.8, 4) is 0 Å². The second kappa shape index (κ2) is 9.88. The largest absolute Gasteiger partial charge is 0.302 e. The fourth-order valence-corrected chi connectivity index (χ4v) is 1.87. The molecule has 3 N–H and O–H groups in total. The first kappa shape index (κ1) is 17.1. The van der Waals surface area contributed by atoms with Gasteiger partial charge in [-0.15, -0.1) is 0 Å². The Bertz CT molecular complexity index is 477. The highest BCUT2D eigenvalue weighted by Gasteiger charge is 2.06. The average molecular weight is 307 g/mol. The number of carbonyl (C=O) groups excluding carboxylic acids is 2. The van der Waals surface area contributed by atoms with Crippen molar-refractivity contribution < 1.29 is 9.59 Å². The summed E-state index contributed by atoms with van der Waals surface area (Å²) in [4.78, 5) is 23.2. The van der Waals surface area contributed by atoms with Crippen molar-refractivity contribution in [1.82, 2.24) is 16.2 Å². The van der Waals surface area contributed by atoms with Gasteiger partial charge in [-0.25, -0.2) is 0 Å². The SMILES string of the molecule is CCCCCC(=O)NNC(=S)NC(=O)Cc1ccccc1. The topological polar surface area (TPSA) is 70.2 Å². The van der Waals surface area contributed by atoms with E-state index < -0.39 is 0 Å². The van der Waals surface area contributed by atoms with E-state index in [0.29, 0.717) is 6.42 Å². The monoisotopic (exact) mass is 307 g/mol. The van der Waals surface area contributed by atoms with E-state index in [2.05, 4.69) is 23.1 Å². The lowest BCUT2D eigenvalue weighted by Crippen LogP contribution is -2.48. The molecule has 6 heteroatoms. The number of rotatable bonds is 6. The molecule has 0 unspecified atom stereocenters. The highest BCUT2D eigenvalue weighted by molar-refractivity contribution is 7.80. The summed E-state index contributed by atoms with van der Waals surface area (Å²) in [6, 6.07) is 9.37. The third kappa shape index (κ3) is 8.04. The highest BCUT2D eigenvalue weighted by atomic mass is 32.1. The predicted molar refractivity (Wildman–Crippen MR) is 86.3 cm³/mol. The summed E-state index contributed by atoms with van der Waals surface area (Å²) in [6.07, 6.45) is 3.62. The summed E-state index contributed by atoms with van der Waals surface area (Å²) < 4.78 is 0. The molecule has 114 valence electrons. The van der Waals surface area contributed by atoms with E-state index in [4.69, 9.17) is 12.2 Å². The molecule has 1 aromatic carbocycles. The molecule has 0 aliphatic rings. The Hall–Kier alpha value is -1.95. The first-order valence-corrected chi connectivity index (χ1v) is 7.45. The normalized spacial score (nSPS) is 9.76. The van der Waals surface area contributed by atoms with Gasteiger partial charge >= 0.3 is 0 Å². The van der Waals surface area contributed by atoms with Gasteiger partial charge in [0, 0.05) is 6.42 Å². The molecule has 1 aromatic rings. The Morgan fingerprint density at radius 1 is 1.05 bits per heavy atom. The van der Waals surface area contributed by atoms with Gasteiger partial charge in [-0.3, -0.25) is 20.4 Å². The molecule has 1 rings (SSSR count). The minimum Gasteiger partial charge on any atom is -0.302 e. The minimum absolute atomic E-state index is 0.0970. The molecule has 0 aliphatic carbocycles. The Morgan fingerprint density at radius 2 is 1.76 bits per heavy atom. The van der Waals surface area contributed by atoms with E-state index in [1.54, 1.807) is 0 Å². The summed E-state index contributed by atoms with van der Waals surface area (Å²) in [5, 5.41) is 2.61. The van der Waals surface area contributed by atoms with Crippen LogP contribution in [0.1, 0.15) is 38.2 Å². The third-order valence-electron chi connectivity index (χ3n) is 2.78. The van der Waals surface area contributed by atoms with Crippen LogP contribution >= 0.6 is 12.2 Å². The van der Waals surface area contributed by atoms with Crippen molar-refractivity contribution in [3.05, 3.63) is 35.9 Å². The van der Waals surface area contributed by atoms with Gasteiger partial charge in [0.1, 0.15) is 0 Å². The van der Waals surface area contributed by atoms with Crippen LogP contribution in [0.5, 0.6) is 0 Å². The number of unbranched alkanes of at least 4 members (excludes halogenated alkanes) is 2. The summed E-state index contributed by atoms with van der Waals surface area (Å²) in [5.41, 5.74) is 5.90. The van der Waals surface area contributed by atoms with E-state index in [9.17, 15) is 9.59 Å². The Morgan fingerprint density at radius 3 is 2.43 bits per heavy atom. The molecule has 0 spiro atoms. The summed E-state index contributed by atoms with van der Waals surface area (Å²) in [7, 11) is 0. The maximum Gasteiger partial charge on any atom is 0.238 e. The number of nitrogens with one attached hydrogen (secondary N) is 3. The first-order chi connectivity index (χ1) is 10.1. The van der Waals surface area contributed by atoms with Crippen LogP contribution < -0.4 is 16.2 Å². The van der Waals surface area contributed by atoms with Crippen LogP contribution in [0, 0.1) is 0 Å². The second-order valence-corrected chi connectivity index (χ2v) is 5.08. The zero-order chi connectivity index (χ0) is 15.5. The van der Waals surface area contributed by atoms with Gasteiger partial charge in [0.15, 0.2) is 5.11 Å². The highest BCUT2D eigenvalue weighted by Crippen LogP contribution is 1.99. The zero-order valence-electron chi connectivity index (χ0n) is 12.1. The van der Waals surface area contributed by atoms with Crippen LogP contribution in [-0.4, -0.2) is 16.9 Å². The fourth-order valence-electron chi connectivity index (χ4n) is 1.71. The molecule has 0 bridgehead atoms. The van der Waals surface area contributed by atoms with Crippen LogP contribution in [-0.2, 0) is 16.0 Å². The molecule has 0 aliphatic heterocycles. The minimum atomic E-state index is -0.223. The van der Waals surface area contributed by atoms with Gasteiger partial charge in [0.2, 0.25) is 11.8 Å². The molecule has 0 saturated carbocycles. The molecule has 2 amide bonds. The third-order valence-corrected chi connectivity index (χ3v) is 2.99. The van der Waals surface area contributed by atoms with Gasteiger partial charge in [-0.05, 0) is 24.2 Å². The van der Waals surface area contributed by atoms with E-state index in [0.717, 1.165) is 24.8 Å². The molecule has 0 heterocycles. The second-order valence-electron chi connectivity index (χ2n) is 4.67. The number of carbonyl (C=O) groups is 2. The van der Waals surface area contributed by atoms with Crippen LogP contribution in [0.3, 0.4) is 0 Å². The van der Waals surface area contributed by atoms with Crippen molar-refractivity contribution in [2.45, 2.75) is 39.0 Å². The first-order valence-electron chi connectivity index (χ1n) is 7.04. The number of hydrazine groups is 1. The maximum atomic E-state index is 11.7. The quantitative estimate of drug-likeness (QED) is 0.426. The van der Waals surface area contributed by atoms with E-state index in [1.807, 2.05) is 30.3 Å². The summed E-state index contributed by atoms with van der Waals surface area (Å²) >= 11 is 4.94. The van der Waals surface area contributed by atoms with Gasteiger partial charge in [-0.2, -0.15) is 0 Å². The van der Waals surface area contributed by atoms with E-state index >= 15 is 0 Å². The van der Waals surface area contributed by atoms with Crippen LogP contribution in [0.4, 0.5) is 0 Å². The Kier molecular flexibility index (Phi) is 8.04. The molecular formula is C15H21N3O2S. The lowest BCUT2D eigenvalue weighted by atomic mass is 10.1. The molecular weight excluding hydrogens is 286 g/mol. The van der Waals surface area contributed by atoms with Crippen molar-refractivity contribution in [2.24, 2.45) is 0 Å².